The third-order valence-electron chi connectivity index (χ3n) is 3.88. The van der Waals surface area contributed by atoms with Crippen LogP contribution in [0.15, 0.2) is 73.1 Å². The van der Waals surface area contributed by atoms with E-state index < -0.39 is 0 Å². The van der Waals surface area contributed by atoms with Crippen LogP contribution in [-0.4, -0.2) is 16.9 Å². The summed E-state index contributed by atoms with van der Waals surface area (Å²) in [4.78, 5) is 28.2. The second-order valence-corrected chi connectivity index (χ2v) is 6.06. The van der Waals surface area contributed by atoms with Crippen molar-refractivity contribution in [3.63, 3.8) is 0 Å². The van der Waals surface area contributed by atoms with E-state index in [-0.39, 0.29) is 11.9 Å². The van der Waals surface area contributed by atoms with Crippen molar-refractivity contribution >= 4 is 23.3 Å². The fourth-order valence-corrected chi connectivity index (χ4v) is 2.49. The van der Waals surface area contributed by atoms with E-state index in [1.807, 2.05) is 43.3 Å². The number of carbonyl (C=O) groups is 2. The molecule has 0 aliphatic rings. The fourth-order valence-electron chi connectivity index (χ4n) is 2.49. The molecule has 3 aromatic rings. The van der Waals surface area contributed by atoms with Crippen LogP contribution in [0.1, 0.15) is 21.5 Å². The molecular formula is C21H20N4O2. The van der Waals surface area contributed by atoms with E-state index in [0.717, 1.165) is 16.8 Å². The molecular weight excluding hydrogens is 340 g/mol. The summed E-state index contributed by atoms with van der Waals surface area (Å²) in [6.45, 7) is 2.38. The first-order valence-electron chi connectivity index (χ1n) is 8.52. The van der Waals surface area contributed by atoms with Gasteiger partial charge in [-0.3, -0.25) is 9.78 Å². The lowest BCUT2D eigenvalue weighted by atomic mass is 10.1. The number of benzene rings is 2. The first-order valence-corrected chi connectivity index (χ1v) is 8.52. The highest BCUT2D eigenvalue weighted by Crippen LogP contribution is 2.14. The molecule has 6 nitrogen and oxygen atoms in total. The zero-order valence-electron chi connectivity index (χ0n) is 14.9. The summed E-state index contributed by atoms with van der Waals surface area (Å²) in [6.07, 6.45) is 3.35. The summed E-state index contributed by atoms with van der Waals surface area (Å²) >= 11 is 0. The van der Waals surface area contributed by atoms with Crippen molar-refractivity contribution in [2.45, 2.75) is 13.5 Å². The summed E-state index contributed by atoms with van der Waals surface area (Å²) in [6, 6.07) is 17.7. The largest absolute Gasteiger partial charge is 0.334 e. The predicted molar refractivity (Wildman–Crippen MR) is 106 cm³/mol. The second kappa shape index (κ2) is 8.62. The smallest absolute Gasteiger partial charge is 0.319 e. The van der Waals surface area contributed by atoms with E-state index >= 15 is 0 Å². The van der Waals surface area contributed by atoms with Gasteiger partial charge >= 0.3 is 6.03 Å². The van der Waals surface area contributed by atoms with Crippen molar-refractivity contribution in [2.24, 2.45) is 0 Å². The van der Waals surface area contributed by atoms with E-state index in [0.29, 0.717) is 17.8 Å². The Bertz CT molecular complexity index is 924. The van der Waals surface area contributed by atoms with Gasteiger partial charge in [0.25, 0.3) is 5.91 Å². The lowest BCUT2D eigenvalue weighted by Crippen LogP contribution is -2.28. The number of urea groups is 1. The van der Waals surface area contributed by atoms with Crippen molar-refractivity contribution < 1.29 is 9.59 Å². The standard InChI is InChI=1S/C21H20N4O2/c1-15-3-2-4-19(13-15)24-20(26)17-5-7-18(8-6-17)25-21(27)23-14-16-9-11-22-12-10-16/h2-13H,14H2,1H3,(H,24,26)(H2,23,25,27). The van der Waals surface area contributed by atoms with Gasteiger partial charge in [-0.15, -0.1) is 0 Å². The molecule has 0 fully saturated rings. The number of nitrogens with zero attached hydrogens (tertiary/aromatic N) is 1. The van der Waals surface area contributed by atoms with Gasteiger partial charge in [0.1, 0.15) is 0 Å². The Hall–Kier alpha value is -3.67. The van der Waals surface area contributed by atoms with Gasteiger partial charge in [-0.2, -0.15) is 0 Å². The van der Waals surface area contributed by atoms with Gasteiger partial charge in [0.05, 0.1) is 0 Å². The third-order valence-corrected chi connectivity index (χ3v) is 3.88. The van der Waals surface area contributed by atoms with E-state index in [1.54, 1.807) is 36.7 Å². The van der Waals surface area contributed by atoms with Crippen LogP contribution in [0.4, 0.5) is 16.2 Å². The first kappa shape index (κ1) is 18.1. The van der Waals surface area contributed by atoms with Crippen LogP contribution >= 0.6 is 0 Å². The summed E-state index contributed by atoms with van der Waals surface area (Å²) in [5, 5.41) is 8.36. The van der Waals surface area contributed by atoms with Crippen LogP contribution in [0.5, 0.6) is 0 Å². The molecule has 0 aliphatic carbocycles. The molecule has 136 valence electrons. The monoisotopic (exact) mass is 360 g/mol. The number of pyridine rings is 1. The van der Waals surface area contributed by atoms with Gasteiger partial charge < -0.3 is 16.0 Å². The lowest BCUT2D eigenvalue weighted by Gasteiger charge is -2.09. The van der Waals surface area contributed by atoms with E-state index in [2.05, 4.69) is 20.9 Å². The van der Waals surface area contributed by atoms with Crippen LogP contribution < -0.4 is 16.0 Å². The highest BCUT2D eigenvalue weighted by molar-refractivity contribution is 6.04. The van der Waals surface area contributed by atoms with Crippen molar-refractivity contribution in [2.75, 3.05) is 10.6 Å². The van der Waals surface area contributed by atoms with Gasteiger partial charge in [0, 0.05) is 35.9 Å². The quantitative estimate of drug-likeness (QED) is 0.644. The molecule has 0 atom stereocenters. The Balaban J connectivity index is 1.53. The number of aryl methyl sites for hydroxylation is 1. The number of aromatic nitrogens is 1. The van der Waals surface area contributed by atoms with E-state index in [1.165, 1.54) is 0 Å². The summed E-state index contributed by atoms with van der Waals surface area (Å²) < 4.78 is 0. The number of hydrogen-bond acceptors (Lipinski definition) is 3. The zero-order valence-corrected chi connectivity index (χ0v) is 14.9. The number of amides is 3. The second-order valence-electron chi connectivity index (χ2n) is 6.06. The van der Waals surface area contributed by atoms with Gasteiger partial charge in [-0.1, -0.05) is 12.1 Å². The molecule has 0 bridgehead atoms. The van der Waals surface area contributed by atoms with Crippen molar-refractivity contribution in [1.82, 2.24) is 10.3 Å². The zero-order chi connectivity index (χ0) is 19.1. The molecule has 0 saturated carbocycles. The van der Waals surface area contributed by atoms with E-state index in [9.17, 15) is 9.59 Å². The molecule has 0 aliphatic heterocycles. The number of hydrogen-bond donors (Lipinski definition) is 3. The SMILES string of the molecule is Cc1cccc(NC(=O)c2ccc(NC(=O)NCc3ccncc3)cc2)c1. The van der Waals surface area contributed by atoms with Crippen molar-refractivity contribution in [3.8, 4) is 0 Å². The average molecular weight is 360 g/mol. The number of rotatable bonds is 5. The molecule has 3 N–H and O–H groups in total. The number of nitrogens with one attached hydrogen (secondary N) is 3. The summed E-state index contributed by atoms with van der Waals surface area (Å²) in [5.74, 6) is -0.200. The normalized spacial score (nSPS) is 10.1. The van der Waals surface area contributed by atoms with Crippen LogP contribution in [0, 0.1) is 6.92 Å². The molecule has 3 amide bonds. The van der Waals surface area contributed by atoms with Crippen molar-refractivity contribution in [3.05, 3.63) is 89.7 Å². The molecule has 2 aromatic carbocycles. The fraction of sp³-hybridized carbons (Fsp3) is 0.0952. The van der Waals surface area contributed by atoms with E-state index in [4.69, 9.17) is 0 Å². The molecule has 0 unspecified atom stereocenters. The lowest BCUT2D eigenvalue weighted by molar-refractivity contribution is 0.102. The minimum absolute atomic E-state index is 0.200. The van der Waals surface area contributed by atoms with Crippen LogP contribution in [0.3, 0.4) is 0 Å². The molecule has 1 aromatic heterocycles. The highest BCUT2D eigenvalue weighted by atomic mass is 16.2. The molecule has 6 heteroatoms. The number of carbonyl (C=O) groups excluding carboxylic acids is 2. The van der Waals surface area contributed by atoms with Crippen molar-refractivity contribution in [1.29, 1.82) is 0 Å². The maximum Gasteiger partial charge on any atom is 0.319 e. The minimum atomic E-state index is -0.316. The Morgan fingerprint density at radius 2 is 1.63 bits per heavy atom. The van der Waals surface area contributed by atoms with Crippen LogP contribution in [0.25, 0.3) is 0 Å². The van der Waals surface area contributed by atoms with Crippen LogP contribution in [0.2, 0.25) is 0 Å². The average Bonchev–Trinajstić information content (AvgIpc) is 2.68. The molecule has 0 radical (unpaired) electrons. The predicted octanol–water partition coefficient (Wildman–Crippen LogP) is 3.96. The van der Waals surface area contributed by atoms with Crippen LogP contribution in [-0.2, 0) is 6.54 Å². The van der Waals surface area contributed by atoms with Gasteiger partial charge in [-0.25, -0.2) is 4.79 Å². The summed E-state index contributed by atoms with van der Waals surface area (Å²) in [7, 11) is 0. The molecule has 1 heterocycles. The maximum atomic E-state index is 12.3. The molecule has 27 heavy (non-hydrogen) atoms. The van der Waals surface area contributed by atoms with Gasteiger partial charge in [-0.05, 0) is 66.6 Å². The number of anilines is 2. The Labute approximate surface area is 157 Å². The highest BCUT2D eigenvalue weighted by Gasteiger charge is 2.07. The Morgan fingerprint density at radius 3 is 2.33 bits per heavy atom. The van der Waals surface area contributed by atoms with Gasteiger partial charge in [0.2, 0.25) is 0 Å². The molecule has 3 rings (SSSR count). The summed E-state index contributed by atoms with van der Waals surface area (Å²) in [5.41, 5.74) is 3.90. The molecule has 0 spiro atoms. The maximum absolute atomic E-state index is 12.3. The van der Waals surface area contributed by atoms with Gasteiger partial charge in [0.15, 0.2) is 0 Å². The third kappa shape index (κ3) is 5.40. The Kier molecular flexibility index (Phi) is 5.79. The minimum Gasteiger partial charge on any atom is -0.334 e. The Morgan fingerprint density at radius 1 is 0.889 bits per heavy atom. The molecule has 0 saturated heterocycles. The topological polar surface area (TPSA) is 83.1 Å². The first-order chi connectivity index (χ1) is 13.1.